The van der Waals surface area contributed by atoms with Crippen LogP contribution in [0.15, 0.2) is 54.6 Å². The lowest BCUT2D eigenvalue weighted by Gasteiger charge is -2.54. The molecular weight excluding hydrogens is 424 g/mol. The summed E-state index contributed by atoms with van der Waals surface area (Å²) < 4.78 is 5.46. The van der Waals surface area contributed by atoms with E-state index in [2.05, 4.69) is 17.0 Å². The lowest BCUT2D eigenvalue weighted by molar-refractivity contribution is -0.131. The maximum Gasteiger partial charge on any atom is 0.308 e. The Morgan fingerprint density at radius 1 is 1.06 bits per heavy atom. The fourth-order valence-corrected chi connectivity index (χ4v) is 6.34. The van der Waals surface area contributed by atoms with Gasteiger partial charge in [-0.25, -0.2) is 0 Å². The number of likely N-dealkylation sites (tertiary alicyclic amines) is 1. The average Bonchev–Trinajstić information content (AvgIpc) is 3.67. The smallest absolute Gasteiger partial charge is 0.308 e. The number of piperidine rings is 1. The molecule has 2 aromatic rings. The molecule has 0 aromatic heterocycles. The second-order valence-electron chi connectivity index (χ2n) is 10.6. The van der Waals surface area contributed by atoms with Gasteiger partial charge in [0.05, 0.1) is 0 Å². The molecule has 3 aliphatic rings. The second-order valence-corrected chi connectivity index (χ2v) is 10.6. The number of hydrogen-bond donors (Lipinski definition) is 0. The van der Waals surface area contributed by atoms with E-state index in [9.17, 15) is 9.59 Å². The van der Waals surface area contributed by atoms with Crippen molar-refractivity contribution < 1.29 is 14.3 Å². The third kappa shape index (κ3) is 4.76. The Labute approximate surface area is 203 Å². The van der Waals surface area contributed by atoms with Crippen LogP contribution in [0.4, 0.5) is 0 Å². The second kappa shape index (κ2) is 9.53. The molecule has 1 aliphatic heterocycles. The van der Waals surface area contributed by atoms with Crippen molar-refractivity contribution in [1.29, 1.82) is 0 Å². The molecule has 5 nitrogen and oxygen atoms in total. The molecule has 0 bridgehead atoms. The van der Waals surface area contributed by atoms with E-state index in [4.69, 9.17) is 4.74 Å². The molecule has 0 N–H and O–H groups in total. The van der Waals surface area contributed by atoms with E-state index in [-0.39, 0.29) is 23.3 Å². The van der Waals surface area contributed by atoms with Crippen molar-refractivity contribution in [2.24, 2.45) is 11.8 Å². The Morgan fingerprint density at radius 2 is 1.85 bits per heavy atom. The first kappa shape index (κ1) is 23.1. The van der Waals surface area contributed by atoms with Crippen LogP contribution in [-0.4, -0.2) is 54.4 Å². The molecule has 1 heterocycles. The van der Waals surface area contributed by atoms with Crippen molar-refractivity contribution in [2.75, 3.05) is 26.7 Å². The maximum atomic E-state index is 13.3. The van der Waals surface area contributed by atoms with Gasteiger partial charge in [-0.3, -0.25) is 9.59 Å². The number of carbonyl (C=O) groups excluding carboxylic acids is 2. The topological polar surface area (TPSA) is 49.9 Å². The van der Waals surface area contributed by atoms with E-state index in [1.807, 2.05) is 54.4 Å². The molecule has 3 fully saturated rings. The molecular formula is C29H36N2O3. The molecule has 0 unspecified atom stereocenters. The van der Waals surface area contributed by atoms with Crippen molar-refractivity contribution in [3.8, 4) is 5.75 Å². The maximum absolute atomic E-state index is 13.3. The zero-order valence-corrected chi connectivity index (χ0v) is 20.4. The summed E-state index contributed by atoms with van der Waals surface area (Å²) in [7, 11) is 1.96. The fourth-order valence-electron chi connectivity index (χ4n) is 6.34. The minimum Gasteiger partial charge on any atom is -0.427 e. The van der Waals surface area contributed by atoms with Crippen LogP contribution in [0.2, 0.25) is 0 Å². The molecule has 5 heteroatoms. The van der Waals surface area contributed by atoms with Crippen LogP contribution in [-0.2, 0) is 10.2 Å². The summed E-state index contributed by atoms with van der Waals surface area (Å²) in [6.07, 6.45) is 6.93. The summed E-state index contributed by atoms with van der Waals surface area (Å²) in [5.41, 5.74) is 1.99. The van der Waals surface area contributed by atoms with Gasteiger partial charge in [-0.15, -0.1) is 0 Å². The van der Waals surface area contributed by atoms with Crippen LogP contribution in [0.1, 0.15) is 61.4 Å². The quantitative estimate of drug-likeness (QED) is 0.454. The Balaban J connectivity index is 1.42. The number of amides is 1. The van der Waals surface area contributed by atoms with Crippen molar-refractivity contribution in [1.82, 2.24) is 9.80 Å². The molecule has 1 amide bonds. The first-order valence-corrected chi connectivity index (χ1v) is 12.8. The van der Waals surface area contributed by atoms with Gasteiger partial charge in [-0.05, 0) is 86.7 Å². The Hall–Kier alpha value is -2.66. The zero-order valence-electron chi connectivity index (χ0n) is 20.4. The van der Waals surface area contributed by atoms with E-state index in [0.29, 0.717) is 11.7 Å². The number of nitrogens with zero attached hydrogens (tertiary/aromatic N) is 2. The number of benzene rings is 2. The van der Waals surface area contributed by atoms with Gasteiger partial charge in [0.15, 0.2) is 0 Å². The number of ether oxygens (including phenoxy) is 1. The summed E-state index contributed by atoms with van der Waals surface area (Å²) in [6.45, 7) is 4.89. The van der Waals surface area contributed by atoms with Crippen LogP contribution in [0.5, 0.6) is 5.75 Å². The van der Waals surface area contributed by atoms with Gasteiger partial charge >= 0.3 is 5.97 Å². The van der Waals surface area contributed by atoms with Crippen molar-refractivity contribution in [3.05, 3.63) is 65.7 Å². The Morgan fingerprint density at radius 3 is 2.59 bits per heavy atom. The number of esters is 1. The molecule has 34 heavy (non-hydrogen) atoms. The summed E-state index contributed by atoms with van der Waals surface area (Å²) in [6, 6.07) is 18.0. The van der Waals surface area contributed by atoms with Crippen molar-refractivity contribution in [2.45, 2.75) is 56.9 Å². The predicted molar refractivity (Wildman–Crippen MR) is 133 cm³/mol. The van der Waals surface area contributed by atoms with Gasteiger partial charge in [0.1, 0.15) is 5.75 Å². The fraction of sp³-hybridized carbons (Fsp3) is 0.517. The number of rotatable bonds is 6. The van der Waals surface area contributed by atoms with Gasteiger partial charge in [0.25, 0.3) is 5.91 Å². The van der Waals surface area contributed by atoms with E-state index >= 15 is 0 Å². The normalized spacial score (nSPS) is 27.0. The van der Waals surface area contributed by atoms with Crippen LogP contribution >= 0.6 is 0 Å². The summed E-state index contributed by atoms with van der Waals surface area (Å²) >= 11 is 0. The lowest BCUT2D eigenvalue weighted by Crippen LogP contribution is -2.56. The highest BCUT2D eigenvalue weighted by molar-refractivity contribution is 5.94. The molecule has 5 rings (SSSR count). The SMILES string of the molecule is CC(=O)Oc1cccc([C@@]23CCN(CC4CC4)C[C@H]2CC[C@H](N(C)C(=O)c2ccccc2)C3)c1. The highest BCUT2D eigenvalue weighted by Crippen LogP contribution is 2.51. The highest BCUT2D eigenvalue weighted by atomic mass is 16.5. The minimum absolute atomic E-state index is 0.00957. The minimum atomic E-state index is -0.292. The van der Waals surface area contributed by atoms with Gasteiger partial charge in [-0.2, -0.15) is 0 Å². The summed E-state index contributed by atoms with van der Waals surface area (Å²) in [4.78, 5) is 29.5. The first-order chi connectivity index (χ1) is 16.4. The van der Waals surface area contributed by atoms with Crippen LogP contribution in [0.3, 0.4) is 0 Å². The predicted octanol–water partition coefficient (Wildman–Crippen LogP) is 4.91. The summed E-state index contributed by atoms with van der Waals surface area (Å²) in [5, 5.41) is 0. The molecule has 0 spiro atoms. The monoisotopic (exact) mass is 460 g/mol. The molecule has 2 aromatic carbocycles. The Bertz CT molecular complexity index is 1030. The number of hydrogen-bond acceptors (Lipinski definition) is 4. The third-order valence-electron chi connectivity index (χ3n) is 8.36. The molecule has 3 atom stereocenters. The first-order valence-electron chi connectivity index (χ1n) is 12.8. The van der Waals surface area contributed by atoms with Crippen molar-refractivity contribution in [3.63, 3.8) is 0 Å². The van der Waals surface area contributed by atoms with Gasteiger partial charge < -0.3 is 14.5 Å². The van der Waals surface area contributed by atoms with Crippen LogP contribution < -0.4 is 4.74 Å². The summed E-state index contributed by atoms with van der Waals surface area (Å²) in [5.74, 6) is 1.86. The molecule has 1 saturated heterocycles. The lowest BCUT2D eigenvalue weighted by atomic mass is 9.57. The van der Waals surface area contributed by atoms with E-state index in [0.717, 1.165) is 50.3 Å². The van der Waals surface area contributed by atoms with E-state index in [1.54, 1.807) is 0 Å². The zero-order chi connectivity index (χ0) is 23.7. The van der Waals surface area contributed by atoms with E-state index in [1.165, 1.54) is 31.9 Å². The molecule has 2 saturated carbocycles. The van der Waals surface area contributed by atoms with Crippen LogP contribution in [0, 0.1) is 11.8 Å². The van der Waals surface area contributed by atoms with Gasteiger partial charge in [-0.1, -0.05) is 30.3 Å². The van der Waals surface area contributed by atoms with Crippen molar-refractivity contribution >= 4 is 11.9 Å². The van der Waals surface area contributed by atoms with Gasteiger partial charge in [0.2, 0.25) is 0 Å². The largest absolute Gasteiger partial charge is 0.427 e. The standard InChI is InChI=1S/C29H36N2O3/c1-21(32)34-27-10-6-9-24(17-27)29-15-16-31(19-22-11-12-22)20-25(29)13-14-26(18-29)30(2)28(33)23-7-4-3-5-8-23/h3-10,17,22,25-26H,11-16,18-20H2,1-2H3/t25-,26+,29+/m1/s1. The highest BCUT2D eigenvalue weighted by Gasteiger charge is 2.49. The molecule has 0 radical (unpaired) electrons. The Kier molecular flexibility index (Phi) is 6.48. The molecule has 180 valence electrons. The van der Waals surface area contributed by atoms with Crippen LogP contribution in [0.25, 0.3) is 0 Å². The molecule has 2 aliphatic carbocycles. The average molecular weight is 461 g/mol. The third-order valence-corrected chi connectivity index (χ3v) is 8.36. The van der Waals surface area contributed by atoms with Gasteiger partial charge in [0, 0.05) is 44.1 Å². The number of carbonyl (C=O) groups is 2. The van der Waals surface area contributed by atoms with E-state index < -0.39 is 0 Å². The number of fused-ring (bicyclic) bond motifs is 1.